The quantitative estimate of drug-likeness (QED) is 0.526. The van der Waals surface area contributed by atoms with Crippen LogP contribution in [0.4, 0.5) is 0 Å². The van der Waals surface area contributed by atoms with E-state index < -0.39 is 0 Å². The monoisotopic (exact) mass is 426 g/mol. The Kier molecular flexibility index (Phi) is 7.24. The molecule has 3 rings (SSSR count). The van der Waals surface area contributed by atoms with Gasteiger partial charge in [0.15, 0.2) is 22.1 Å². The molecule has 0 aliphatic heterocycles. The third kappa shape index (κ3) is 5.27. The molecule has 8 heteroatoms. The number of rotatable bonds is 9. The summed E-state index contributed by atoms with van der Waals surface area (Å²) in [6.07, 6.45) is 0.317. The molecule has 0 aliphatic carbocycles. The fraction of sp³-hybridized carbons (Fsp3) is 0.318. The van der Waals surface area contributed by atoms with Crippen LogP contribution in [0.5, 0.6) is 11.5 Å². The number of amides is 1. The number of ether oxygens (including phenoxy) is 2. The van der Waals surface area contributed by atoms with Crippen molar-refractivity contribution in [1.29, 1.82) is 0 Å². The van der Waals surface area contributed by atoms with Gasteiger partial charge in [0.05, 0.1) is 13.7 Å². The second-order valence-electron chi connectivity index (χ2n) is 6.93. The number of aromatic nitrogens is 3. The van der Waals surface area contributed by atoms with E-state index in [9.17, 15) is 4.79 Å². The van der Waals surface area contributed by atoms with Gasteiger partial charge in [-0.15, -0.1) is 0 Å². The average Bonchev–Trinajstić information content (AvgIpc) is 3.13. The summed E-state index contributed by atoms with van der Waals surface area (Å²) >= 11 is 5.35. The maximum Gasteiger partial charge on any atom is 0.224 e. The molecule has 30 heavy (non-hydrogen) atoms. The van der Waals surface area contributed by atoms with Crippen LogP contribution < -0.4 is 9.47 Å². The summed E-state index contributed by atoms with van der Waals surface area (Å²) in [5.74, 6) is 2.07. The molecule has 7 nitrogen and oxygen atoms in total. The molecular weight excluding hydrogens is 400 g/mol. The summed E-state index contributed by atoms with van der Waals surface area (Å²) in [6, 6.07) is 15.5. The van der Waals surface area contributed by atoms with Gasteiger partial charge in [0.1, 0.15) is 6.61 Å². The molecule has 1 N–H and O–H groups in total. The number of benzene rings is 2. The Balaban J connectivity index is 1.55. The van der Waals surface area contributed by atoms with Gasteiger partial charge in [0, 0.05) is 25.6 Å². The first-order chi connectivity index (χ1) is 14.5. The van der Waals surface area contributed by atoms with Crippen LogP contribution >= 0.6 is 12.2 Å². The smallest absolute Gasteiger partial charge is 0.224 e. The molecule has 0 saturated carbocycles. The standard InChI is InChI=1S/C22H26N4O3S/c1-16-8-10-17(11-9-16)21-23-24-22(30)26(21)13-12-20(27)25(2)14-15-29-19-7-5-4-6-18(19)28-3/h4-11H,12-15H2,1-3H3,(H,24,30). The number of carbonyl (C=O) groups is 1. The molecule has 0 radical (unpaired) electrons. The van der Waals surface area contributed by atoms with E-state index in [0.29, 0.717) is 42.4 Å². The molecule has 0 saturated heterocycles. The van der Waals surface area contributed by atoms with Gasteiger partial charge in [-0.3, -0.25) is 14.5 Å². The lowest BCUT2D eigenvalue weighted by molar-refractivity contribution is -0.130. The zero-order valence-electron chi connectivity index (χ0n) is 17.4. The van der Waals surface area contributed by atoms with Crippen molar-refractivity contribution in [2.45, 2.75) is 19.9 Å². The van der Waals surface area contributed by atoms with E-state index in [2.05, 4.69) is 10.2 Å². The normalized spacial score (nSPS) is 10.6. The number of H-pyrrole nitrogens is 1. The van der Waals surface area contributed by atoms with Crippen molar-refractivity contribution in [2.24, 2.45) is 0 Å². The highest BCUT2D eigenvalue weighted by atomic mass is 32.1. The third-order valence-corrected chi connectivity index (χ3v) is 5.11. The maximum absolute atomic E-state index is 12.6. The number of aromatic amines is 1. The fourth-order valence-electron chi connectivity index (χ4n) is 3.00. The van der Waals surface area contributed by atoms with Crippen LogP contribution in [-0.2, 0) is 11.3 Å². The molecule has 3 aromatic rings. The predicted molar refractivity (Wildman–Crippen MR) is 118 cm³/mol. The molecule has 1 amide bonds. The van der Waals surface area contributed by atoms with Gasteiger partial charge in [-0.05, 0) is 31.3 Å². The number of hydrogen-bond donors (Lipinski definition) is 1. The summed E-state index contributed by atoms with van der Waals surface area (Å²) in [7, 11) is 3.37. The number of aryl methyl sites for hydroxylation is 1. The van der Waals surface area contributed by atoms with Gasteiger partial charge in [-0.1, -0.05) is 42.0 Å². The lowest BCUT2D eigenvalue weighted by atomic mass is 10.1. The first-order valence-corrected chi connectivity index (χ1v) is 10.1. The van der Waals surface area contributed by atoms with E-state index >= 15 is 0 Å². The van der Waals surface area contributed by atoms with Gasteiger partial charge in [0.25, 0.3) is 0 Å². The van der Waals surface area contributed by atoms with Crippen LogP contribution in [0.2, 0.25) is 0 Å². The van der Waals surface area contributed by atoms with E-state index in [1.807, 2.05) is 60.0 Å². The highest BCUT2D eigenvalue weighted by Crippen LogP contribution is 2.25. The van der Waals surface area contributed by atoms with Gasteiger partial charge in [0.2, 0.25) is 5.91 Å². The number of likely N-dealkylation sites (N-methyl/N-ethyl adjacent to an activating group) is 1. The first kappa shape index (κ1) is 21.6. The number of nitrogens with one attached hydrogen (secondary N) is 1. The van der Waals surface area contributed by atoms with E-state index in [-0.39, 0.29) is 5.91 Å². The minimum absolute atomic E-state index is 0.0107. The van der Waals surface area contributed by atoms with E-state index in [0.717, 1.165) is 11.4 Å². The molecule has 0 unspecified atom stereocenters. The minimum atomic E-state index is 0.0107. The zero-order chi connectivity index (χ0) is 21.5. The minimum Gasteiger partial charge on any atom is -0.493 e. The first-order valence-electron chi connectivity index (χ1n) is 9.71. The molecule has 2 aromatic carbocycles. The Morgan fingerprint density at radius 2 is 1.87 bits per heavy atom. The van der Waals surface area contributed by atoms with Crippen molar-refractivity contribution < 1.29 is 14.3 Å². The highest BCUT2D eigenvalue weighted by Gasteiger charge is 2.13. The van der Waals surface area contributed by atoms with Crippen molar-refractivity contribution >= 4 is 18.1 Å². The molecule has 1 heterocycles. The maximum atomic E-state index is 12.6. The lowest BCUT2D eigenvalue weighted by Gasteiger charge is -2.18. The molecule has 0 spiro atoms. The summed E-state index contributed by atoms with van der Waals surface area (Å²) in [6.45, 7) is 3.34. The van der Waals surface area contributed by atoms with Crippen molar-refractivity contribution in [2.75, 3.05) is 27.3 Å². The number of hydrogen-bond acceptors (Lipinski definition) is 5. The number of nitrogens with zero attached hydrogens (tertiary/aromatic N) is 3. The highest BCUT2D eigenvalue weighted by molar-refractivity contribution is 7.71. The van der Waals surface area contributed by atoms with Crippen LogP contribution in [0.25, 0.3) is 11.4 Å². The van der Waals surface area contributed by atoms with Crippen LogP contribution in [0.3, 0.4) is 0 Å². The number of carbonyl (C=O) groups excluding carboxylic acids is 1. The molecule has 1 aromatic heterocycles. The second kappa shape index (κ2) is 10.1. The average molecular weight is 427 g/mol. The predicted octanol–water partition coefficient (Wildman–Crippen LogP) is 3.85. The Bertz CT molecular complexity index is 1040. The van der Waals surface area contributed by atoms with E-state index in [4.69, 9.17) is 21.7 Å². The van der Waals surface area contributed by atoms with Crippen molar-refractivity contribution in [3.63, 3.8) is 0 Å². The van der Waals surface area contributed by atoms with Crippen LogP contribution in [-0.4, -0.2) is 52.9 Å². The van der Waals surface area contributed by atoms with Crippen LogP contribution in [0, 0.1) is 11.7 Å². The summed E-state index contributed by atoms with van der Waals surface area (Å²) < 4.78 is 13.4. The lowest BCUT2D eigenvalue weighted by Crippen LogP contribution is -2.31. The molecule has 0 aliphatic rings. The SMILES string of the molecule is COc1ccccc1OCCN(C)C(=O)CCn1c(-c2ccc(C)cc2)n[nH]c1=S. The van der Waals surface area contributed by atoms with Gasteiger partial charge in [-0.25, -0.2) is 0 Å². The fourth-order valence-corrected chi connectivity index (χ4v) is 3.23. The van der Waals surface area contributed by atoms with E-state index in [1.165, 1.54) is 5.56 Å². The summed E-state index contributed by atoms with van der Waals surface area (Å²) in [5, 5.41) is 7.15. The number of para-hydroxylation sites is 2. The van der Waals surface area contributed by atoms with Crippen molar-refractivity contribution in [3.8, 4) is 22.9 Å². The summed E-state index contributed by atoms with van der Waals surface area (Å²) in [4.78, 5) is 14.2. The molecular formula is C22H26N4O3S. The molecule has 158 valence electrons. The zero-order valence-corrected chi connectivity index (χ0v) is 18.2. The van der Waals surface area contributed by atoms with Crippen molar-refractivity contribution in [3.05, 3.63) is 58.9 Å². The van der Waals surface area contributed by atoms with Gasteiger partial charge >= 0.3 is 0 Å². The van der Waals surface area contributed by atoms with Gasteiger partial charge < -0.3 is 14.4 Å². The van der Waals surface area contributed by atoms with Crippen LogP contribution in [0.15, 0.2) is 48.5 Å². The van der Waals surface area contributed by atoms with E-state index in [1.54, 1.807) is 19.1 Å². The largest absolute Gasteiger partial charge is 0.493 e. The number of methoxy groups -OCH3 is 1. The Labute approximate surface area is 181 Å². The Morgan fingerprint density at radius 1 is 1.17 bits per heavy atom. The second-order valence-corrected chi connectivity index (χ2v) is 7.32. The third-order valence-electron chi connectivity index (χ3n) is 4.80. The summed E-state index contributed by atoms with van der Waals surface area (Å²) in [5.41, 5.74) is 2.13. The molecule has 0 fully saturated rings. The molecule has 0 atom stereocenters. The van der Waals surface area contributed by atoms with Crippen LogP contribution in [0.1, 0.15) is 12.0 Å². The Morgan fingerprint density at radius 3 is 2.57 bits per heavy atom. The Hall–Kier alpha value is -3.13. The topological polar surface area (TPSA) is 72.4 Å². The van der Waals surface area contributed by atoms with Crippen molar-refractivity contribution in [1.82, 2.24) is 19.7 Å². The van der Waals surface area contributed by atoms with Gasteiger partial charge in [-0.2, -0.15) is 5.10 Å². The molecule has 0 bridgehead atoms.